The number of hydrogen-bond donors (Lipinski definition) is 1. The quantitative estimate of drug-likeness (QED) is 0.797. The maximum atomic E-state index is 11.5. The average Bonchev–Trinajstić information content (AvgIpc) is 3.11. The van der Waals surface area contributed by atoms with Crippen molar-refractivity contribution in [3.8, 4) is 0 Å². The molecule has 1 heterocycles. The van der Waals surface area contributed by atoms with Crippen molar-refractivity contribution in [3.63, 3.8) is 0 Å². The van der Waals surface area contributed by atoms with Gasteiger partial charge in [-0.2, -0.15) is 0 Å². The van der Waals surface area contributed by atoms with E-state index >= 15 is 0 Å². The molecular formula is C14H23NO5. The number of carbonyl (C=O) groups excluding carboxylic acids is 2. The van der Waals surface area contributed by atoms with Gasteiger partial charge in [0.05, 0.1) is 17.8 Å². The summed E-state index contributed by atoms with van der Waals surface area (Å²) in [6, 6.07) is 0. The van der Waals surface area contributed by atoms with Gasteiger partial charge in [0.1, 0.15) is 6.10 Å². The van der Waals surface area contributed by atoms with Crippen molar-refractivity contribution in [2.75, 3.05) is 13.7 Å². The molecule has 20 heavy (non-hydrogen) atoms. The number of hydrogen-bond acceptors (Lipinski definition) is 5. The molecule has 2 amide bonds. The molecule has 114 valence electrons. The second-order valence-corrected chi connectivity index (χ2v) is 6.20. The van der Waals surface area contributed by atoms with Gasteiger partial charge in [0.15, 0.2) is 0 Å². The molecule has 1 N–H and O–H groups in total. The van der Waals surface area contributed by atoms with Gasteiger partial charge in [-0.05, 0) is 33.1 Å². The minimum absolute atomic E-state index is 0.115. The van der Waals surface area contributed by atoms with Gasteiger partial charge in [0, 0.05) is 20.0 Å². The predicted octanol–water partition coefficient (Wildman–Crippen LogP) is 1.62. The fourth-order valence-corrected chi connectivity index (χ4v) is 3.10. The van der Waals surface area contributed by atoms with Gasteiger partial charge in [0.2, 0.25) is 5.91 Å². The summed E-state index contributed by atoms with van der Waals surface area (Å²) in [5.74, 6) is -0.245. The first-order valence-corrected chi connectivity index (χ1v) is 6.96. The summed E-state index contributed by atoms with van der Waals surface area (Å²) in [4.78, 5) is 22.3. The van der Waals surface area contributed by atoms with Crippen LogP contribution in [0.3, 0.4) is 0 Å². The van der Waals surface area contributed by atoms with Gasteiger partial charge < -0.3 is 14.2 Å². The summed E-state index contributed by atoms with van der Waals surface area (Å²) in [6.07, 6.45) is 1.41. The minimum atomic E-state index is -0.677. The number of alkyl carbamates (subject to hydrolysis) is 1. The molecule has 0 unspecified atom stereocenters. The molecule has 0 aromatic carbocycles. The Morgan fingerprint density at radius 2 is 2.05 bits per heavy atom. The lowest BCUT2D eigenvalue weighted by Crippen LogP contribution is -2.49. The van der Waals surface area contributed by atoms with E-state index in [2.05, 4.69) is 5.32 Å². The van der Waals surface area contributed by atoms with E-state index in [1.807, 2.05) is 13.8 Å². The van der Waals surface area contributed by atoms with E-state index in [9.17, 15) is 9.59 Å². The molecule has 1 aliphatic heterocycles. The van der Waals surface area contributed by atoms with Crippen LogP contribution in [0.4, 0.5) is 4.79 Å². The largest absolute Gasteiger partial charge is 0.446 e. The molecule has 1 saturated carbocycles. The summed E-state index contributed by atoms with van der Waals surface area (Å²) in [7, 11) is 1.68. The third kappa shape index (κ3) is 3.12. The molecule has 0 aromatic heterocycles. The Labute approximate surface area is 119 Å². The molecule has 0 aromatic rings. The van der Waals surface area contributed by atoms with Crippen LogP contribution in [-0.2, 0) is 19.0 Å². The average molecular weight is 285 g/mol. The molecule has 1 spiro atoms. The molecule has 1 aliphatic carbocycles. The molecule has 0 radical (unpaired) electrons. The Morgan fingerprint density at radius 1 is 1.40 bits per heavy atom. The van der Waals surface area contributed by atoms with Crippen LogP contribution >= 0.6 is 0 Å². The van der Waals surface area contributed by atoms with Crippen LogP contribution in [-0.4, -0.2) is 43.0 Å². The second-order valence-electron chi connectivity index (χ2n) is 6.20. The summed E-state index contributed by atoms with van der Waals surface area (Å²) in [6.45, 7) is 6.08. The van der Waals surface area contributed by atoms with E-state index in [0.717, 1.165) is 19.4 Å². The monoisotopic (exact) mass is 285 g/mol. The highest BCUT2D eigenvalue weighted by atomic mass is 16.6. The Hall–Kier alpha value is -1.14. The zero-order valence-corrected chi connectivity index (χ0v) is 12.5. The standard InChI is InChI=1S/C14H23NO5/c1-9(16)15-12(17)20-10-5-6-14(8-19-14)11(7-10)13(2,3)18-4/h10-11H,5-8H2,1-4H3,(H,15,16,17)/t10-,11-,14+/m1/s1. The van der Waals surface area contributed by atoms with Gasteiger partial charge >= 0.3 is 6.09 Å². The van der Waals surface area contributed by atoms with Crippen molar-refractivity contribution in [1.82, 2.24) is 5.32 Å². The van der Waals surface area contributed by atoms with Crippen LogP contribution in [0.1, 0.15) is 40.0 Å². The van der Waals surface area contributed by atoms with E-state index in [4.69, 9.17) is 14.2 Å². The maximum Gasteiger partial charge on any atom is 0.414 e. The molecule has 6 nitrogen and oxygen atoms in total. The number of amides is 2. The van der Waals surface area contributed by atoms with Gasteiger partial charge in [0.25, 0.3) is 0 Å². The summed E-state index contributed by atoms with van der Waals surface area (Å²) < 4.78 is 16.6. The van der Waals surface area contributed by atoms with Crippen molar-refractivity contribution in [1.29, 1.82) is 0 Å². The number of carbonyl (C=O) groups is 2. The van der Waals surface area contributed by atoms with Crippen molar-refractivity contribution in [3.05, 3.63) is 0 Å². The number of nitrogens with one attached hydrogen (secondary N) is 1. The predicted molar refractivity (Wildman–Crippen MR) is 71.2 cm³/mol. The van der Waals surface area contributed by atoms with Crippen LogP contribution in [0.25, 0.3) is 0 Å². The van der Waals surface area contributed by atoms with Crippen molar-refractivity contribution >= 4 is 12.0 Å². The van der Waals surface area contributed by atoms with E-state index in [1.165, 1.54) is 6.92 Å². The first kappa shape index (κ1) is 15.3. The molecule has 0 bridgehead atoms. The van der Waals surface area contributed by atoms with Gasteiger partial charge in [-0.25, -0.2) is 4.79 Å². The van der Waals surface area contributed by atoms with Crippen LogP contribution in [0, 0.1) is 5.92 Å². The second kappa shape index (κ2) is 5.33. The molecular weight excluding hydrogens is 262 g/mol. The van der Waals surface area contributed by atoms with Crippen LogP contribution in [0.15, 0.2) is 0 Å². The van der Waals surface area contributed by atoms with Crippen LogP contribution in [0.5, 0.6) is 0 Å². The highest BCUT2D eigenvalue weighted by Gasteiger charge is 2.59. The van der Waals surface area contributed by atoms with Crippen molar-refractivity contribution in [2.24, 2.45) is 5.92 Å². The minimum Gasteiger partial charge on any atom is -0.446 e. The first-order chi connectivity index (χ1) is 9.29. The molecule has 2 aliphatic rings. The lowest BCUT2D eigenvalue weighted by molar-refractivity contribution is -0.119. The smallest absolute Gasteiger partial charge is 0.414 e. The third-order valence-corrected chi connectivity index (χ3v) is 4.46. The van der Waals surface area contributed by atoms with Gasteiger partial charge in [-0.15, -0.1) is 0 Å². The summed E-state index contributed by atoms with van der Waals surface area (Å²) >= 11 is 0. The number of rotatable bonds is 3. The Bertz CT molecular complexity index is 400. The zero-order chi connectivity index (χ0) is 15.0. The fourth-order valence-electron chi connectivity index (χ4n) is 3.10. The van der Waals surface area contributed by atoms with E-state index in [1.54, 1.807) is 7.11 Å². The topological polar surface area (TPSA) is 77.2 Å². The normalized spacial score (nSPS) is 32.8. The van der Waals surface area contributed by atoms with E-state index < -0.39 is 12.0 Å². The summed E-state index contributed by atoms with van der Waals surface area (Å²) in [5, 5.41) is 2.13. The van der Waals surface area contributed by atoms with E-state index in [0.29, 0.717) is 6.42 Å². The van der Waals surface area contributed by atoms with E-state index in [-0.39, 0.29) is 23.2 Å². The fraction of sp³-hybridized carbons (Fsp3) is 0.857. The van der Waals surface area contributed by atoms with Crippen LogP contribution < -0.4 is 5.32 Å². The number of methoxy groups -OCH3 is 1. The number of epoxide rings is 1. The number of imide groups is 1. The molecule has 3 atom stereocenters. The number of ether oxygens (including phenoxy) is 3. The lowest BCUT2D eigenvalue weighted by Gasteiger charge is -2.42. The molecule has 2 fully saturated rings. The third-order valence-electron chi connectivity index (χ3n) is 4.46. The van der Waals surface area contributed by atoms with Gasteiger partial charge in [-0.3, -0.25) is 10.1 Å². The Morgan fingerprint density at radius 3 is 2.55 bits per heavy atom. The van der Waals surface area contributed by atoms with Crippen molar-refractivity contribution < 1.29 is 23.8 Å². The SMILES string of the molecule is COC(C)(C)[C@H]1C[C@H](OC(=O)NC(C)=O)CC[C@]12CO2. The molecule has 2 rings (SSSR count). The first-order valence-electron chi connectivity index (χ1n) is 6.96. The zero-order valence-electron chi connectivity index (χ0n) is 12.5. The maximum absolute atomic E-state index is 11.5. The van der Waals surface area contributed by atoms with Gasteiger partial charge in [-0.1, -0.05) is 0 Å². The highest BCUT2D eigenvalue weighted by molar-refractivity contribution is 5.90. The Balaban J connectivity index is 1.98. The molecule has 1 saturated heterocycles. The molecule has 6 heteroatoms. The summed E-state index contributed by atoms with van der Waals surface area (Å²) in [5.41, 5.74) is -0.452. The van der Waals surface area contributed by atoms with Crippen molar-refractivity contribution in [2.45, 2.75) is 57.3 Å². The highest BCUT2D eigenvalue weighted by Crippen LogP contribution is 2.51. The lowest BCUT2D eigenvalue weighted by atomic mass is 9.70. The Kier molecular flexibility index (Phi) is 4.07. The van der Waals surface area contributed by atoms with Crippen LogP contribution in [0.2, 0.25) is 0 Å².